The highest BCUT2D eigenvalue weighted by Gasteiger charge is 2.10. The van der Waals surface area contributed by atoms with E-state index in [1.54, 1.807) is 29.5 Å². The molecule has 2 N–H and O–H groups in total. The summed E-state index contributed by atoms with van der Waals surface area (Å²) in [6, 6.07) is 11.5. The van der Waals surface area contributed by atoms with Crippen LogP contribution in [0.1, 0.15) is 12.5 Å². The number of urea groups is 1. The molecule has 1 atom stereocenters. The summed E-state index contributed by atoms with van der Waals surface area (Å²) in [6.45, 7) is 3.21. The normalized spacial score (nSPS) is 11.9. The van der Waals surface area contributed by atoms with Crippen molar-refractivity contribution in [2.24, 2.45) is 0 Å². The first-order valence-electron chi connectivity index (χ1n) is 7.80. The lowest BCUT2D eigenvalue weighted by atomic mass is 10.2. The van der Waals surface area contributed by atoms with E-state index < -0.39 is 0 Å². The van der Waals surface area contributed by atoms with Gasteiger partial charge in [-0.1, -0.05) is 30.3 Å². The molecule has 7 nitrogen and oxygen atoms in total. The first-order chi connectivity index (χ1) is 11.7. The van der Waals surface area contributed by atoms with Crippen molar-refractivity contribution in [2.75, 3.05) is 5.32 Å². The van der Waals surface area contributed by atoms with Crippen molar-refractivity contribution >= 4 is 11.8 Å². The molecule has 0 aliphatic rings. The van der Waals surface area contributed by atoms with Gasteiger partial charge in [0.25, 0.3) is 0 Å². The van der Waals surface area contributed by atoms with E-state index in [-0.39, 0.29) is 12.1 Å². The molecule has 124 valence electrons. The molecule has 2 heterocycles. The van der Waals surface area contributed by atoms with Crippen LogP contribution in [-0.2, 0) is 13.1 Å². The fourth-order valence-corrected chi connectivity index (χ4v) is 2.45. The zero-order valence-electron chi connectivity index (χ0n) is 13.5. The molecule has 0 saturated carbocycles. The van der Waals surface area contributed by atoms with E-state index in [0.29, 0.717) is 18.9 Å². The highest BCUT2D eigenvalue weighted by molar-refractivity contribution is 5.88. The molecule has 0 aliphatic heterocycles. The summed E-state index contributed by atoms with van der Waals surface area (Å²) in [4.78, 5) is 16.2. The summed E-state index contributed by atoms with van der Waals surface area (Å²) >= 11 is 0. The first-order valence-corrected chi connectivity index (χ1v) is 7.80. The average Bonchev–Trinajstić information content (AvgIpc) is 3.21. The van der Waals surface area contributed by atoms with E-state index in [2.05, 4.69) is 20.7 Å². The van der Waals surface area contributed by atoms with Gasteiger partial charge in [-0.3, -0.25) is 5.32 Å². The summed E-state index contributed by atoms with van der Waals surface area (Å²) in [5.74, 6) is 0.659. The van der Waals surface area contributed by atoms with Gasteiger partial charge >= 0.3 is 6.03 Å². The topological polar surface area (TPSA) is 76.8 Å². The van der Waals surface area contributed by atoms with Gasteiger partial charge in [0.15, 0.2) is 0 Å². The molecule has 3 rings (SSSR count). The van der Waals surface area contributed by atoms with Crippen molar-refractivity contribution in [1.82, 2.24) is 24.6 Å². The maximum Gasteiger partial charge on any atom is 0.320 e. The number of rotatable bonds is 6. The maximum absolute atomic E-state index is 12.2. The fourth-order valence-electron chi connectivity index (χ4n) is 2.45. The molecule has 0 saturated heterocycles. The molecule has 0 aliphatic carbocycles. The molecule has 1 aromatic carbocycles. The van der Waals surface area contributed by atoms with Crippen molar-refractivity contribution < 1.29 is 4.79 Å². The average molecular weight is 324 g/mol. The summed E-state index contributed by atoms with van der Waals surface area (Å²) in [6.07, 6.45) is 6.98. The van der Waals surface area contributed by atoms with Gasteiger partial charge in [-0.25, -0.2) is 14.5 Å². The number of amides is 2. The van der Waals surface area contributed by atoms with Crippen LogP contribution in [0.5, 0.6) is 0 Å². The van der Waals surface area contributed by atoms with Crippen molar-refractivity contribution in [3.63, 3.8) is 0 Å². The molecule has 2 amide bonds. The third-order valence-corrected chi connectivity index (χ3v) is 3.55. The van der Waals surface area contributed by atoms with Gasteiger partial charge in [-0.05, 0) is 12.5 Å². The highest BCUT2D eigenvalue weighted by Crippen LogP contribution is 2.10. The molecule has 3 aromatic rings. The number of nitrogens with zero attached hydrogens (tertiary/aromatic N) is 4. The van der Waals surface area contributed by atoms with Gasteiger partial charge in [0, 0.05) is 31.0 Å². The fraction of sp³-hybridized carbons (Fsp3) is 0.235. The number of nitrogens with one attached hydrogen (secondary N) is 2. The van der Waals surface area contributed by atoms with Crippen LogP contribution in [0.4, 0.5) is 10.6 Å². The third kappa shape index (κ3) is 4.22. The molecular formula is C17H20N6O. The van der Waals surface area contributed by atoms with Crippen molar-refractivity contribution in [3.8, 4) is 0 Å². The second kappa shape index (κ2) is 7.45. The molecule has 24 heavy (non-hydrogen) atoms. The zero-order chi connectivity index (χ0) is 16.8. The van der Waals surface area contributed by atoms with Gasteiger partial charge in [0.2, 0.25) is 0 Å². The lowest BCUT2D eigenvalue weighted by Gasteiger charge is -2.15. The Kier molecular flexibility index (Phi) is 4.90. The van der Waals surface area contributed by atoms with E-state index in [1.807, 2.05) is 48.0 Å². The number of hydrogen-bond acceptors (Lipinski definition) is 3. The Bertz CT molecular complexity index is 766. The van der Waals surface area contributed by atoms with Crippen LogP contribution in [0.3, 0.4) is 0 Å². The molecule has 0 fully saturated rings. The molecule has 0 bridgehead atoms. The zero-order valence-corrected chi connectivity index (χ0v) is 13.5. The quantitative estimate of drug-likeness (QED) is 0.730. The number of carbonyl (C=O) groups excluding carboxylic acids is 1. The van der Waals surface area contributed by atoms with Crippen LogP contribution in [0.25, 0.3) is 0 Å². The Labute approximate surface area is 140 Å². The van der Waals surface area contributed by atoms with Crippen LogP contribution in [0.15, 0.2) is 61.3 Å². The lowest BCUT2D eigenvalue weighted by Crippen LogP contribution is -2.38. The largest absolute Gasteiger partial charge is 0.335 e. The number of imidazole rings is 1. The van der Waals surface area contributed by atoms with E-state index in [1.165, 1.54) is 0 Å². The SMILES string of the molecule is CC(Cn1ccnc1)NC(=O)Nc1ccnn1Cc1ccccc1. The highest BCUT2D eigenvalue weighted by atomic mass is 16.2. The van der Waals surface area contributed by atoms with Crippen LogP contribution in [0.2, 0.25) is 0 Å². The van der Waals surface area contributed by atoms with E-state index in [4.69, 9.17) is 0 Å². The number of anilines is 1. The first kappa shape index (κ1) is 15.8. The van der Waals surface area contributed by atoms with Gasteiger partial charge < -0.3 is 9.88 Å². The number of carbonyl (C=O) groups is 1. The second-order valence-corrected chi connectivity index (χ2v) is 5.62. The minimum Gasteiger partial charge on any atom is -0.335 e. The number of hydrogen-bond donors (Lipinski definition) is 2. The van der Waals surface area contributed by atoms with Crippen molar-refractivity contribution in [1.29, 1.82) is 0 Å². The van der Waals surface area contributed by atoms with Crippen LogP contribution < -0.4 is 10.6 Å². The van der Waals surface area contributed by atoms with Crippen molar-refractivity contribution in [3.05, 3.63) is 66.9 Å². The van der Waals surface area contributed by atoms with Crippen LogP contribution in [0, 0.1) is 0 Å². The van der Waals surface area contributed by atoms with Crippen LogP contribution in [-0.4, -0.2) is 31.4 Å². The Morgan fingerprint density at radius 2 is 2.04 bits per heavy atom. The van der Waals surface area contributed by atoms with Crippen molar-refractivity contribution in [2.45, 2.75) is 26.1 Å². The van der Waals surface area contributed by atoms with Gasteiger partial charge in [0.05, 0.1) is 19.1 Å². The predicted octanol–water partition coefficient (Wildman–Crippen LogP) is 2.34. The summed E-state index contributed by atoms with van der Waals surface area (Å²) in [5.41, 5.74) is 1.12. The van der Waals surface area contributed by atoms with Gasteiger partial charge in [0.1, 0.15) is 5.82 Å². The molecule has 0 spiro atoms. The Balaban J connectivity index is 1.56. The monoisotopic (exact) mass is 324 g/mol. The molecule has 7 heteroatoms. The van der Waals surface area contributed by atoms with Crippen LogP contribution >= 0.6 is 0 Å². The summed E-state index contributed by atoms with van der Waals surface area (Å²) in [7, 11) is 0. The van der Waals surface area contributed by atoms with E-state index >= 15 is 0 Å². The minimum absolute atomic E-state index is 0.0234. The van der Waals surface area contributed by atoms with E-state index in [9.17, 15) is 4.79 Å². The second-order valence-electron chi connectivity index (χ2n) is 5.62. The smallest absolute Gasteiger partial charge is 0.320 e. The third-order valence-electron chi connectivity index (χ3n) is 3.55. The number of benzene rings is 1. The maximum atomic E-state index is 12.2. The molecular weight excluding hydrogens is 304 g/mol. The number of aromatic nitrogens is 4. The predicted molar refractivity (Wildman–Crippen MR) is 91.6 cm³/mol. The molecule has 0 radical (unpaired) electrons. The van der Waals surface area contributed by atoms with Gasteiger partial charge in [-0.2, -0.15) is 5.10 Å². The summed E-state index contributed by atoms with van der Waals surface area (Å²) in [5, 5.41) is 10.0. The standard InChI is InChI=1S/C17H20N6O/c1-14(11-22-10-9-18-13-22)20-17(24)21-16-7-8-19-23(16)12-15-5-3-2-4-6-15/h2-10,13-14H,11-12H2,1H3,(H2,20,21,24). The van der Waals surface area contributed by atoms with E-state index in [0.717, 1.165) is 5.56 Å². The molecule has 1 unspecified atom stereocenters. The van der Waals surface area contributed by atoms with Gasteiger partial charge in [-0.15, -0.1) is 0 Å². The minimum atomic E-state index is -0.252. The Morgan fingerprint density at radius 1 is 1.21 bits per heavy atom. The Morgan fingerprint density at radius 3 is 2.79 bits per heavy atom. The molecule has 2 aromatic heterocycles. The summed E-state index contributed by atoms with van der Waals surface area (Å²) < 4.78 is 3.68. The lowest BCUT2D eigenvalue weighted by molar-refractivity contribution is 0.248. The Hall–Kier alpha value is -3.09.